The van der Waals surface area contributed by atoms with E-state index in [1.165, 1.54) is 0 Å². The van der Waals surface area contributed by atoms with E-state index in [1.807, 2.05) is 30.3 Å². The second-order valence-corrected chi connectivity index (χ2v) is 3.60. The quantitative estimate of drug-likeness (QED) is 0.532. The molecule has 0 amide bonds. The Morgan fingerprint density at radius 1 is 1.00 bits per heavy atom. The lowest BCUT2D eigenvalue weighted by Crippen LogP contribution is -1.86. The molecular weight excluding hydrogens is 186 g/mol. The molecule has 3 nitrogen and oxygen atoms in total. The largest absolute Gasteiger partial charge is 0.397 e. The first-order valence-electron chi connectivity index (χ1n) is 4.75. The molecule has 3 aromatic rings. The van der Waals surface area contributed by atoms with E-state index in [2.05, 4.69) is 4.98 Å². The maximum atomic E-state index is 9.90. The summed E-state index contributed by atoms with van der Waals surface area (Å²) in [6, 6.07) is 11.4. The molecule has 0 aliphatic heterocycles. The third kappa shape index (κ3) is 1.00. The average molecular weight is 195 g/mol. The van der Waals surface area contributed by atoms with Gasteiger partial charge in [0.1, 0.15) is 5.69 Å². The van der Waals surface area contributed by atoms with Gasteiger partial charge in [0, 0.05) is 21.8 Å². The van der Waals surface area contributed by atoms with Crippen LogP contribution in [0.25, 0.3) is 21.8 Å². The summed E-state index contributed by atoms with van der Waals surface area (Å²) in [5.74, 6) is 0. The van der Waals surface area contributed by atoms with E-state index in [0.717, 1.165) is 21.8 Å². The van der Waals surface area contributed by atoms with Crippen LogP contribution in [0.4, 0.5) is 11.4 Å². The summed E-state index contributed by atoms with van der Waals surface area (Å²) in [6.45, 7) is 0. The van der Waals surface area contributed by atoms with Crippen LogP contribution in [-0.4, -0.2) is 4.98 Å². The van der Waals surface area contributed by atoms with Gasteiger partial charge in [0.2, 0.25) is 0 Å². The molecule has 3 rings (SSSR count). The zero-order valence-corrected chi connectivity index (χ0v) is 7.99. The van der Waals surface area contributed by atoms with Crippen LogP contribution in [0, 0.1) is 0 Å². The molecule has 2 aromatic carbocycles. The molecular formula is C12H9N3. The number of anilines is 1. The van der Waals surface area contributed by atoms with Crippen LogP contribution in [0.5, 0.6) is 0 Å². The summed E-state index contributed by atoms with van der Waals surface area (Å²) in [6.07, 6.45) is 0. The van der Waals surface area contributed by atoms with Crippen molar-refractivity contribution in [2.75, 3.05) is 5.73 Å². The van der Waals surface area contributed by atoms with Crippen LogP contribution in [0.15, 0.2) is 36.4 Å². The lowest BCUT2D eigenvalue weighted by atomic mass is 10.1. The fourth-order valence-electron chi connectivity index (χ4n) is 1.94. The zero-order valence-electron chi connectivity index (χ0n) is 7.99. The van der Waals surface area contributed by atoms with Crippen molar-refractivity contribution < 1.29 is 0 Å². The number of rotatable bonds is 0. The Morgan fingerprint density at radius 2 is 1.80 bits per heavy atom. The Hall–Kier alpha value is -2.16. The fourth-order valence-corrected chi connectivity index (χ4v) is 1.94. The number of nitrogens with two attached hydrogens (primary N) is 1. The topological polar surface area (TPSA) is 64.1 Å². The third-order valence-electron chi connectivity index (χ3n) is 2.67. The number of para-hydroxylation sites is 1. The summed E-state index contributed by atoms with van der Waals surface area (Å²) < 4.78 is 0. The molecule has 0 aliphatic carbocycles. The van der Waals surface area contributed by atoms with Crippen molar-refractivity contribution in [3.63, 3.8) is 0 Å². The van der Waals surface area contributed by atoms with E-state index in [1.54, 1.807) is 6.07 Å². The maximum Gasteiger partial charge on any atom is 0.119 e. The number of benzene rings is 2. The number of nitrogens with one attached hydrogen (secondary N) is 1. The van der Waals surface area contributed by atoms with Crippen LogP contribution in [-0.2, 0) is 0 Å². The predicted octanol–water partition coefficient (Wildman–Crippen LogP) is 2.60. The van der Waals surface area contributed by atoms with Crippen molar-refractivity contribution in [1.29, 1.82) is 0 Å². The number of nitrogen functional groups attached to an aromatic ring is 1. The fraction of sp³-hybridized carbons (Fsp3) is 0. The average Bonchev–Trinajstić information content (AvgIpc) is 2.62. The minimum absolute atomic E-state index is 0.157. The number of hydrogen-bond donors (Lipinski definition) is 2. The normalized spacial score (nSPS) is 11.2. The minimum atomic E-state index is 0.157. The molecule has 1 heterocycles. The molecule has 1 aromatic heterocycles. The van der Waals surface area contributed by atoms with E-state index in [0.29, 0.717) is 5.69 Å². The molecule has 0 aliphatic rings. The molecule has 3 N–H and O–H groups in total. The van der Waals surface area contributed by atoms with Crippen molar-refractivity contribution in [3.8, 4) is 0 Å². The zero-order chi connectivity index (χ0) is 10.4. The highest BCUT2D eigenvalue weighted by molar-refractivity contribution is 6.14. The third-order valence-corrected chi connectivity index (χ3v) is 2.67. The van der Waals surface area contributed by atoms with Crippen LogP contribution in [0.1, 0.15) is 0 Å². The van der Waals surface area contributed by atoms with Crippen LogP contribution in [0.3, 0.4) is 0 Å². The summed E-state index contributed by atoms with van der Waals surface area (Å²) in [4.78, 5) is 3.23. The summed E-state index contributed by atoms with van der Waals surface area (Å²) in [5, 5.41) is 1.79. The van der Waals surface area contributed by atoms with Crippen molar-refractivity contribution in [2.45, 2.75) is 0 Å². The molecule has 0 bridgehead atoms. The molecule has 72 valence electrons. The van der Waals surface area contributed by atoms with Gasteiger partial charge in [-0.15, -0.1) is 5.73 Å². The van der Waals surface area contributed by atoms with Gasteiger partial charge in [0.05, 0.1) is 5.69 Å². The van der Waals surface area contributed by atoms with Crippen LogP contribution in [0.2, 0.25) is 0 Å². The van der Waals surface area contributed by atoms with Crippen molar-refractivity contribution >= 4 is 33.2 Å². The molecule has 3 heteroatoms. The number of aromatic amines is 1. The van der Waals surface area contributed by atoms with Gasteiger partial charge in [-0.3, -0.25) is 0 Å². The van der Waals surface area contributed by atoms with Gasteiger partial charge in [-0.25, -0.2) is 0 Å². The molecule has 0 fully saturated rings. The SMILES string of the molecule is [N]c1c(N)ccc2[nH]c3ccccc3c12. The van der Waals surface area contributed by atoms with Gasteiger partial charge in [-0.1, -0.05) is 18.2 Å². The summed E-state index contributed by atoms with van der Waals surface area (Å²) in [5.41, 5.74) is 18.1. The molecule has 2 radical (unpaired) electrons. The highest BCUT2D eigenvalue weighted by Gasteiger charge is 2.09. The number of hydrogen-bond acceptors (Lipinski definition) is 1. The second kappa shape index (κ2) is 2.67. The van der Waals surface area contributed by atoms with Crippen molar-refractivity contribution in [2.24, 2.45) is 0 Å². The molecule has 0 unspecified atom stereocenters. The maximum absolute atomic E-state index is 9.90. The van der Waals surface area contributed by atoms with E-state index in [4.69, 9.17) is 5.73 Å². The Kier molecular flexibility index (Phi) is 1.45. The monoisotopic (exact) mass is 195 g/mol. The first kappa shape index (κ1) is 8.17. The highest BCUT2D eigenvalue weighted by atomic mass is 14.7. The standard InChI is InChI=1S/C12H9N3/c13-8-5-6-10-11(12(8)14)7-3-1-2-4-9(7)15-10/h1-6,15H,13H2. The lowest BCUT2D eigenvalue weighted by Gasteiger charge is -1.98. The second-order valence-electron chi connectivity index (χ2n) is 3.60. The van der Waals surface area contributed by atoms with E-state index < -0.39 is 0 Å². The van der Waals surface area contributed by atoms with Gasteiger partial charge in [0.15, 0.2) is 0 Å². The van der Waals surface area contributed by atoms with Crippen LogP contribution >= 0.6 is 0 Å². The van der Waals surface area contributed by atoms with E-state index in [9.17, 15) is 5.73 Å². The molecule has 0 saturated carbocycles. The number of aromatic nitrogens is 1. The van der Waals surface area contributed by atoms with Crippen molar-refractivity contribution in [3.05, 3.63) is 36.4 Å². The number of H-pyrrole nitrogens is 1. The lowest BCUT2D eigenvalue weighted by molar-refractivity contribution is 1.51. The van der Waals surface area contributed by atoms with Gasteiger partial charge in [-0.05, 0) is 18.2 Å². The van der Waals surface area contributed by atoms with Gasteiger partial charge in [0.25, 0.3) is 0 Å². The summed E-state index contributed by atoms with van der Waals surface area (Å²) in [7, 11) is 0. The molecule has 0 atom stereocenters. The van der Waals surface area contributed by atoms with Crippen molar-refractivity contribution in [1.82, 2.24) is 10.7 Å². The minimum Gasteiger partial charge on any atom is -0.397 e. The summed E-state index contributed by atoms with van der Waals surface area (Å²) >= 11 is 0. The van der Waals surface area contributed by atoms with Crippen LogP contribution < -0.4 is 11.5 Å². The molecule has 0 saturated heterocycles. The highest BCUT2D eigenvalue weighted by Crippen LogP contribution is 2.33. The van der Waals surface area contributed by atoms with Gasteiger partial charge < -0.3 is 10.7 Å². The van der Waals surface area contributed by atoms with E-state index >= 15 is 0 Å². The molecule has 15 heavy (non-hydrogen) atoms. The number of nitrogens with zero attached hydrogens (tertiary/aromatic N) is 1. The molecule has 0 spiro atoms. The van der Waals surface area contributed by atoms with E-state index in [-0.39, 0.29) is 5.69 Å². The smallest absolute Gasteiger partial charge is 0.119 e. The Labute approximate surface area is 86.7 Å². The Morgan fingerprint density at radius 3 is 2.67 bits per heavy atom. The Bertz CT molecular complexity index is 652. The van der Waals surface area contributed by atoms with Gasteiger partial charge in [-0.2, -0.15) is 0 Å². The first-order valence-corrected chi connectivity index (χ1v) is 4.75. The predicted molar refractivity (Wildman–Crippen MR) is 62.0 cm³/mol. The van der Waals surface area contributed by atoms with Gasteiger partial charge >= 0.3 is 0 Å². The Balaban J connectivity index is 2.63. The number of fused-ring (bicyclic) bond motifs is 3. The first-order chi connectivity index (χ1) is 7.27.